The van der Waals surface area contributed by atoms with Crippen LogP contribution in [0.15, 0.2) is 59.5 Å². The maximum Gasteiger partial charge on any atom is 0.261 e. The standard InChI is InChI=1S/C21H29N3O5S2/c1-21(2,3)31(28,29)22-16-8-7-11-20(25)23-17-12-14-18(15-13-17)24-30(26,27)19-9-5-4-6-10-19/h4-6,9-10,12-15,22,24H,7-8,11,16H2,1-3H3,(H,23,25). The van der Waals surface area contributed by atoms with Gasteiger partial charge in [0, 0.05) is 24.3 Å². The normalized spacial score (nSPS) is 12.4. The molecule has 0 aliphatic rings. The Bertz CT molecular complexity index is 1080. The molecule has 2 rings (SSSR count). The molecule has 1 amide bonds. The van der Waals surface area contributed by atoms with Gasteiger partial charge in [0.05, 0.1) is 9.64 Å². The van der Waals surface area contributed by atoms with E-state index in [0.717, 1.165) is 0 Å². The average molecular weight is 468 g/mol. The predicted octanol–water partition coefficient (Wildman–Crippen LogP) is 3.31. The molecule has 0 aliphatic heterocycles. The van der Waals surface area contributed by atoms with Crippen molar-refractivity contribution in [3.63, 3.8) is 0 Å². The maximum atomic E-state index is 12.3. The number of carbonyl (C=O) groups excluding carboxylic acids is 1. The third-order valence-electron chi connectivity index (χ3n) is 4.40. The van der Waals surface area contributed by atoms with Crippen molar-refractivity contribution >= 4 is 37.3 Å². The first-order chi connectivity index (χ1) is 14.4. The number of sulfonamides is 2. The number of anilines is 2. The highest BCUT2D eigenvalue weighted by Gasteiger charge is 2.27. The van der Waals surface area contributed by atoms with Gasteiger partial charge in [-0.15, -0.1) is 0 Å². The molecule has 2 aromatic carbocycles. The smallest absolute Gasteiger partial charge is 0.261 e. The van der Waals surface area contributed by atoms with E-state index in [9.17, 15) is 21.6 Å². The molecule has 3 N–H and O–H groups in total. The van der Waals surface area contributed by atoms with Crippen molar-refractivity contribution in [2.45, 2.75) is 49.7 Å². The lowest BCUT2D eigenvalue weighted by Crippen LogP contribution is -2.39. The van der Waals surface area contributed by atoms with E-state index in [4.69, 9.17) is 0 Å². The summed E-state index contributed by atoms with van der Waals surface area (Å²) in [5.74, 6) is -0.198. The SMILES string of the molecule is CC(C)(C)S(=O)(=O)NCCCCC(=O)Nc1ccc(NS(=O)(=O)c2ccccc2)cc1. The fourth-order valence-electron chi connectivity index (χ4n) is 2.49. The van der Waals surface area contributed by atoms with Gasteiger partial charge in [-0.25, -0.2) is 21.6 Å². The van der Waals surface area contributed by atoms with Gasteiger partial charge in [0.1, 0.15) is 0 Å². The molecule has 0 radical (unpaired) electrons. The van der Waals surface area contributed by atoms with Crippen LogP contribution >= 0.6 is 0 Å². The summed E-state index contributed by atoms with van der Waals surface area (Å²) >= 11 is 0. The Morgan fingerprint density at radius 1 is 0.839 bits per heavy atom. The van der Waals surface area contributed by atoms with Gasteiger partial charge in [0.25, 0.3) is 10.0 Å². The second kappa shape index (κ2) is 10.3. The topological polar surface area (TPSA) is 121 Å². The minimum absolute atomic E-state index is 0.164. The van der Waals surface area contributed by atoms with Crippen LogP contribution in [0.4, 0.5) is 11.4 Å². The highest BCUT2D eigenvalue weighted by atomic mass is 32.2. The molecule has 0 aromatic heterocycles. The van der Waals surface area contributed by atoms with Crippen molar-refractivity contribution in [2.24, 2.45) is 0 Å². The minimum Gasteiger partial charge on any atom is -0.326 e. The number of unbranched alkanes of at least 4 members (excludes halogenated alkanes) is 1. The zero-order valence-electron chi connectivity index (χ0n) is 17.9. The van der Waals surface area contributed by atoms with Crippen molar-refractivity contribution in [1.82, 2.24) is 4.72 Å². The molecule has 0 bridgehead atoms. The van der Waals surface area contributed by atoms with Gasteiger partial charge in [0.15, 0.2) is 0 Å². The fourth-order valence-corrected chi connectivity index (χ4v) is 4.42. The van der Waals surface area contributed by atoms with E-state index in [1.807, 2.05) is 0 Å². The number of benzene rings is 2. The first-order valence-electron chi connectivity index (χ1n) is 9.88. The van der Waals surface area contributed by atoms with E-state index < -0.39 is 24.8 Å². The highest BCUT2D eigenvalue weighted by molar-refractivity contribution is 7.92. The molecule has 2 aromatic rings. The Morgan fingerprint density at radius 3 is 2.00 bits per heavy atom. The zero-order chi connectivity index (χ0) is 23.1. The average Bonchev–Trinajstić information content (AvgIpc) is 2.69. The zero-order valence-corrected chi connectivity index (χ0v) is 19.5. The third-order valence-corrected chi connectivity index (χ3v) is 8.00. The van der Waals surface area contributed by atoms with E-state index in [1.54, 1.807) is 63.2 Å². The number of rotatable bonds is 10. The summed E-state index contributed by atoms with van der Waals surface area (Å²) in [5, 5.41) is 2.74. The molecule has 0 fully saturated rings. The molecular formula is C21H29N3O5S2. The van der Waals surface area contributed by atoms with Crippen LogP contribution in [0.1, 0.15) is 40.0 Å². The van der Waals surface area contributed by atoms with Crippen molar-refractivity contribution in [3.05, 3.63) is 54.6 Å². The van der Waals surface area contributed by atoms with Crippen molar-refractivity contribution < 1.29 is 21.6 Å². The number of nitrogens with one attached hydrogen (secondary N) is 3. The van der Waals surface area contributed by atoms with E-state index >= 15 is 0 Å². The predicted molar refractivity (Wildman–Crippen MR) is 123 cm³/mol. The van der Waals surface area contributed by atoms with Crippen LogP contribution < -0.4 is 14.8 Å². The summed E-state index contributed by atoms with van der Waals surface area (Å²) in [6.07, 6.45) is 1.33. The Hall–Kier alpha value is -2.43. The highest BCUT2D eigenvalue weighted by Crippen LogP contribution is 2.18. The molecule has 0 spiro atoms. The van der Waals surface area contributed by atoms with Gasteiger partial charge < -0.3 is 5.32 Å². The lowest BCUT2D eigenvalue weighted by Gasteiger charge is -2.19. The van der Waals surface area contributed by atoms with Gasteiger partial charge >= 0.3 is 0 Å². The van der Waals surface area contributed by atoms with E-state index in [1.165, 1.54) is 12.1 Å². The molecule has 0 saturated heterocycles. The molecule has 10 heteroatoms. The fraction of sp³-hybridized carbons (Fsp3) is 0.381. The van der Waals surface area contributed by atoms with Crippen molar-refractivity contribution in [3.8, 4) is 0 Å². The molecule has 0 saturated carbocycles. The van der Waals surface area contributed by atoms with Crippen LogP contribution in [0.5, 0.6) is 0 Å². The van der Waals surface area contributed by atoms with Crippen LogP contribution in [0.25, 0.3) is 0 Å². The summed E-state index contributed by atoms with van der Waals surface area (Å²) in [6, 6.07) is 14.4. The number of carbonyl (C=O) groups is 1. The Labute approximate surface area is 184 Å². The second-order valence-corrected chi connectivity index (χ2v) is 12.2. The summed E-state index contributed by atoms with van der Waals surface area (Å²) in [7, 11) is -7.05. The summed E-state index contributed by atoms with van der Waals surface area (Å²) in [6.45, 7) is 5.16. The van der Waals surface area contributed by atoms with Crippen LogP contribution in [0.3, 0.4) is 0 Å². The molecule has 31 heavy (non-hydrogen) atoms. The van der Waals surface area contributed by atoms with E-state index in [-0.39, 0.29) is 23.8 Å². The number of amides is 1. The summed E-state index contributed by atoms with van der Waals surface area (Å²) in [5.41, 5.74) is 0.925. The van der Waals surface area contributed by atoms with E-state index in [2.05, 4.69) is 14.8 Å². The Morgan fingerprint density at radius 2 is 1.42 bits per heavy atom. The molecule has 0 atom stereocenters. The number of hydrogen-bond acceptors (Lipinski definition) is 5. The summed E-state index contributed by atoms with van der Waals surface area (Å²) < 4.78 is 52.7. The van der Waals surface area contributed by atoms with Gasteiger partial charge in [-0.05, 0) is 70.0 Å². The Balaban J connectivity index is 1.78. The van der Waals surface area contributed by atoms with Gasteiger partial charge in [0.2, 0.25) is 15.9 Å². The molecular weight excluding hydrogens is 438 g/mol. The van der Waals surface area contributed by atoms with Crippen LogP contribution in [0, 0.1) is 0 Å². The molecule has 170 valence electrons. The van der Waals surface area contributed by atoms with E-state index in [0.29, 0.717) is 24.2 Å². The second-order valence-electron chi connectivity index (χ2n) is 8.01. The minimum atomic E-state index is -3.67. The quantitative estimate of drug-likeness (QED) is 0.463. The molecule has 0 aliphatic carbocycles. The van der Waals surface area contributed by atoms with Crippen molar-refractivity contribution in [1.29, 1.82) is 0 Å². The first-order valence-corrected chi connectivity index (χ1v) is 12.8. The largest absolute Gasteiger partial charge is 0.326 e. The Kier molecular flexibility index (Phi) is 8.21. The van der Waals surface area contributed by atoms with Crippen molar-refractivity contribution in [2.75, 3.05) is 16.6 Å². The van der Waals surface area contributed by atoms with Crippen LogP contribution in [-0.2, 0) is 24.8 Å². The van der Waals surface area contributed by atoms with Gasteiger partial charge in [-0.2, -0.15) is 0 Å². The van der Waals surface area contributed by atoms with Gasteiger partial charge in [-0.1, -0.05) is 18.2 Å². The third kappa shape index (κ3) is 7.64. The molecule has 0 unspecified atom stereocenters. The van der Waals surface area contributed by atoms with Crippen LogP contribution in [0.2, 0.25) is 0 Å². The summed E-state index contributed by atoms with van der Waals surface area (Å²) in [4.78, 5) is 12.2. The van der Waals surface area contributed by atoms with Crippen LogP contribution in [-0.4, -0.2) is 34.0 Å². The molecule has 8 nitrogen and oxygen atoms in total. The molecule has 0 heterocycles. The lowest BCUT2D eigenvalue weighted by atomic mass is 10.2. The maximum absolute atomic E-state index is 12.3. The van der Waals surface area contributed by atoms with Gasteiger partial charge in [-0.3, -0.25) is 9.52 Å². The number of hydrogen-bond donors (Lipinski definition) is 3. The first kappa shape index (κ1) is 24.8. The monoisotopic (exact) mass is 467 g/mol. The lowest BCUT2D eigenvalue weighted by molar-refractivity contribution is -0.116.